The molecule has 0 bridgehead atoms. The molecule has 32 valence electrons. The minimum atomic E-state index is -2.33. The summed E-state index contributed by atoms with van der Waals surface area (Å²) in [4.78, 5) is 8.33. The van der Waals surface area contributed by atoms with Gasteiger partial charge >= 0.3 is 70.6 Å². The maximum absolute atomic E-state index is 8.33. The fourth-order valence-electron chi connectivity index (χ4n) is 0. The van der Waals surface area contributed by atoms with Crippen LogP contribution >= 0.6 is 0 Å². The smallest absolute Gasteiger partial charge is 2.00 e. The second kappa shape index (κ2) is 15.6. The van der Waals surface area contributed by atoms with E-state index in [0.29, 0.717) is 0 Å². The molecule has 7 heavy (non-hydrogen) atoms. The van der Waals surface area contributed by atoms with Gasteiger partial charge in [-0.3, -0.25) is 0 Å². The Morgan fingerprint density at radius 3 is 1.29 bits per heavy atom. The number of hydrogen-bond donors (Lipinski definition) is 0. The van der Waals surface area contributed by atoms with E-state index < -0.39 is 6.16 Å². The zero-order chi connectivity index (χ0) is 3.58. The van der Waals surface area contributed by atoms with Crippen LogP contribution in [0.5, 0.6) is 0 Å². The van der Waals surface area contributed by atoms with Crippen LogP contribution < -0.4 is 10.2 Å². The van der Waals surface area contributed by atoms with E-state index in [2.05, 4.69) is 0 Å². The summed E-state index contributed by atoms with van der Waals surface area (Å²) in [7, 11) is 0. The van der Waals surface area contributed by atoms with Crippen molar-refractivity contribution in [3.05, 3.63) is 0 Å². The van der Waals surface area contributed by atoms with Crippen molar-refractivity contribution in [3.63, 3.8) is 0 Å². The van der Waals surface area contributed by atoms with Gasteiger partial charge in [-0.2, -0.15) is 0 Å². The van der Waals surface area contributed by atoms with Crippen LogP contribution in [0.1, 0.15) is 0 Å². The molecule has 0 unspecified atom stereocenters. The fraction of sp³-hybridized carbons (Fsp3) is 0. The largest absolute Gasteiger partial charge is 4.00 e. The second-order valence-electron chi connectivity index (χ2n) is 0.250. The van der Waals surface area contributed by atoms with Crippen LogP contribution in [-0.4, -0.2) is 55.0 Å². The molecule has 4 nitrogen and oxygen atoms in total. The Morgan fingerprint density at radius 2 is 1.29 bits per heavy atom. The van der Waals surface area contributed by atoms with Crippen molar-refractivity contribution in [2.45, 2.75) is 0 Å². The van der Waals surface area contributed by atoms with Gasteiger partial charge in [0, 0.05) is 0 Å². The second-order valence-corrected chi connectivity index (χ2v) is 0.250. The number of carbonyl (C=O) groups is 1. The van der Waals surface area contributed by atoms with Gasteiger partial charge in [-0.25, -0.2) is 0 Å². The predicted molar refractivity (Wildman–Crippen MR) is 11.8 cm³/mol. The van der Waals surface area contributed by atoms with Crippen molar-refractivity contribution >= 4 is 55.0 Å². The van der Waals surface area contributed by atoms with Gasteiger partial charge in [0.1, 0.15) is 0 Å². The molecule has 0 aliphatic rings. The van der Waals surface area contributed by atoms with Gasteiger partial charge in [-0.05, 0) is 6.16 Å². The third kappa shape index (κ3) is 99.5. The molecule has 0 aliphatic carbocycles. The minimum absolute atomic E-state index is 0. The van der Waals surface area contributed by atoms with Crippen LogP contribution in [0.3, 0.4) is 0 Å². The summed E-state index contributed by atoms with van der Waals surface area (Å²) in [5.41, 5.74) is 0. The monoisotopic (exact) mass is 262 g/mol. The Balaban J connectivity index is -0.0000000150. The summed E-state index contributed by atoms with van der Waals surface area (Å²) in [5, 5.41) is 16.7. The van der Waals surface area contributed by atoms with Gasteiger partial charge in [0.15, 0.2) is 0 Å². The molecule has 0 fully saturated rings. The van der Waals surface area contributed by atoms with Crippen molar-refractivity contribution in [2.24, 2.45) is 0 Å². The van der Waals surface area contributed by atoms with E-state index in [1.165, 1.54) is 0 Å². The summed E-state index contributed by atoms with van der Waals surface area (Å²) in [6.07, 6.45) is -2.33. The van der Waals surface area contributed by atoms with E-state index in [-0.39, 0.29) is 76.1 Å². The Labute approximate surface area is 95.6 Å². The first kappa shape index (κ1) is 23.6. The Kier molecular flexibility index (Phi) is 52.7. The standard InChI is InChI=1S/CH2O3.Ba.O.Ti/c2-1(3)4;;;/h(H2,2,3,4);;;/q;+2;-2;+4/p-2. The van der Waals surface area contributed by atoms with Gasteiger partial charge in [0.25, 0.3) is 0 Å². The summed E-state index contributed by atoms with van der Waals surface area (Å²) < 4.78 is 0. The zero-order valence-corrected chi connectivity index (χ0v) is 9.34. The third-order valence-electron chi connectivity index (χ3n) is 0. The molecule has 0 rings (SSSR count). The molecule has 0 spiro atoms. The Bertz CT molecular complexity index is 34.7. The van der Waals surface area contributed by atoms with Crippen LogP contribution in [0.2, 0.25) is 0 Å². The molecule has 0 atom stereocenters. The van der Waals surface area contributed by atoms with Crippen LogP contribution in [-0.2, 0) is 27.2 Å². The summed E-state index contributed by atoms with van der Waals surface area (Å²) in [5.74, 6) is 0. The number of carbonyl (C=O) groups excluding carboxylic acids is 1. The molecule has 0 amide bonds. The van der Waals surface area contributed by atoms with E-state index in [1.807, 2.05) is 0 Å². The number of hydrogen-bond acceptors (Lipinski definition) is 3. The third-order valence-corrected chi connectivity index (χ3v) is 0. The van der Waals surface area contributed by atoms with E-state index >= 15 is 0 Å². The normalized spacial score (nSPS) is 3.43. The molecule has 0 aromatic heterocycles. The molecule has 0 heterocycles. The van der Waals surface area contributed by atoms with E-state index in [1.54, 1.807) is 0 Å². The van der Waals surface area contributed by atoms with E-state index in [9.17, 15) is 0 Å². The quantitative estimate of drug-likeness (QED) is 0.436. The number of carboxylic acid groups (broad SMARTS) is 2. The van der Waals surface area contributed by atoms with Gasteiger partial charge in [-0.1, -0.05) is 0 Å². The van der Waals surface area contributed by atoms with Gasteiger partial charge in [-0.15, -0.1) is 0 Å². The topological polar surface area (TPSA) is 91.7 Å². The van der Waals surface area contributed by atoms with Crippen molar-refractivity contribution in [1.82, 2.24) is 0 Å². The number of rotatable bonds is 0. The Hall–Kier alpha value is 1.52. The maximum atomic E-state index is 8.33. The van der Waals surface area contributed by atoms with Gasteiger partial charge < -0.3 is 20.5 Å². The van der Waals surface area contributed by atoms with E-state index in [4.69, 9.17) is 15.0 Å². The first-order chi connectivity index (χ1) is 1.73. The van der Waals surface area contributed by atoms with Crippen molar-refractivity contribution < 1.29 is 42.2 Å². The van der Waals surface area contributed by atoms with Gasteiger partial charge in [0.2, 0.25) is 0 Å². The molecule has 6 heteroatoms. The fourth-order valence-corrected chi connectivity index (χ4v) is 0. The molecule has 0 aromatic carbocycles. The summed E-state index contributed by atoms with van der Waals surface area (Å²) >= 11 is 0. The Morgan fingerprint density at radius 1 is 1.29 bits per heavy atom. The predicted octanol–water partition coefficient (Wildman–Crippen LogP) is -2.95. The minimum Gasteiger partial charge on any atom is -2.00 e. The van der Waals surface area contributed by atoms with Crippen LogP contribution in [0.4, 0.5) is 4.79 Å². The molecule has 0 saturated carbocycles. The molecule has 0 saturated heterocycles. The van der Waals surface area contributed by atoms with Crippen LogP contribution in [0.25, 0.3) is 0 Å². The van der Waals surface area contributed by atoms with Crippen molar-refractivity contribution in [1.29, 1.82) is 0 Å². The van der Waals surface area contributed by atoms with Crippen molar-refractivity contribution in [3.8, 4) is 0 Å². The first-order valence-corrected chi connectivity index (χ1v) is 0.612. The van der Waals surface area contributed by atoms with Crippen LogP contribution in [0, 0.1) is 0 Å². The molecule has 0 radical (unpaired) electrons. The molecule has 0 N–H and O–H groups in total. The molecule has 0 aromatic rings. The molecule has 0 aliphatic heterocycles. The van der Waals surface area contributed by atoms with Crippen LogP contribution in [0.15, 0.2) is 0 Å². The average Bonchev–Trinajstić information content (AvgIpc) is 0.811. The SMILES string of the molecule is O=C([O-])[O-].[Ba+2].[O-2].[Ti+4]. The molecular formula is CBaO4Ti+2. The summed E-state index contributed by atoms with van der Waals surface area (Å²) in [6, 6.07) is 0. The average molecular weight is 261 g/mol. The van der Waals surface area contributed by atoms with E-state index in [0.717, 1.165) is 0 Å². The zero-order valence-electron chi connectivity index (χ0n) is 3.34. The van der Waals surface area contributed by atoms with Gasteiger partial charge in [0.05, 0.1) is 0 Å². The maximum Gasteiger partial charge on any atom is 4.00 e. The van der Waals surface area contributed by atoms with Crippen molar-refractivity contribution in [2.75, 3.05) is 0 Å². The molecular weight excluding hydrogens is 261 g/mol. The first-order valence-electron chi connectivity index (χ1n) is 0.612. The summed E-state index contributed by atoms with van der Waals surface area (Å²) in [6.45, 7) is 0.